The number of benzene rings is 1. The van der Waals surface area contributed by atoms with Gasteiger partial charge in [0.15, 0.2) is 5.11 Å². The van der Waals surface area contributed by atoms with Crippen molar-refractivity contribution in [3.8, 4) is 0 Å². The standard InChI is InChI=1S/C15H13FN4OS/c1-9-7-12(19(2)18-9)8-13-14(21)20(15(22)17-13)11-5-3-10(16)4-6-11/h3-8H,1-2H3,(H,17,22)/b13-8+. The number of nitrogens with zero attached hydrogens (tertiary/aromatic N) is 3. The highest BCUT2D eigenvalue weighted by atomic mass is 32.1. The van der Waals surface area contributed by atoms with E-state index in [0.29, 0.717) is 11.4 Å². The lowest BCUT2D eigenvalue weighted by Gasteiger charge is -2.13. The van der Waals surface area contributed by atoms with Gasteiger partial charge >= 0.3 is 0 Å². The van der Waals surface area contributed by atoms with Crippen LogP contribution in [0.25, 0.3) is 6.08 Å². The van der Waals surface area contributed by atoms with E-state index >= 15 is 0 Å². The van der Waals surface area contributed by atoms with Crippen molar-refractivity contribution < 1.29 is 9.18 Å². The number of carbonyl (C=O) groups excluding carboxylic acids is 1. The second kappa shape index (κ2) is 5.34. The largest absolute Gasteiger partial charge is 0.327 e. The number of halogens is 1. The Balaban J connectivity index is 1.94. The molecule has 5 nitrogen and oxygen atoms in total. The van der Waals surface area contributed by atoms with Gasteiger partial charge < -0.3 is 5.32 Å². The molecule has 7 heteroatoms. The summed E-state index contributed by atoms with van der Waals surface area (Å²) in [6.07, 6.45) is 1.69. The monoisotopic (exact) mass is 316 g/mol. The number of hydrogen-bond acceptors (Lipinski definition) is 3. The van der Waals surface area contributed by atoms with Crippen LogP contribution in [0, 0.1) is 12.7 Å². The summed E-state index contributed by atoms with van der Waals surface area (Å²) < 4.78 is 14.7. The van der Waals surface area contributed by atoms with Gasteiger partial charge in [0.2, 0.25) is 0 Å². The van der Waals surface area contributed by atoms with Gasteiger partial charge in [-0.2, -0.15) is 5.10 Å². The lowest BCUT2D eigenvalue weighted by molar-refractivity contribution is -0.113. The first-order chi connectivity index (χ1) is 10.5. The molecule has 0 spiro atoms. The Hall–Kier alpha value is -2.54. The van der Waals surface area contributed by atoms with E-state index in [9.17, 15) is 9.18 Å². The van der Waals surface area contributed by atoms with Gasteiger partial charge in [-0.3, -0.25) is 14.4 Å². The molecule has 0 saturated carbocycles. The van der Waals surface area contributed by atoms with Crippen molar-refractivity contribution in [3.63, 3.8) is 0 Å². The van der Waals surface area contributed by atoms with Crippen LogP contribution < -0.4 is 10.2 Å². The Labute approximate surface area is 132 Å². The number of aryl methyl sites for hydroxylation is 2. The average molecular weight is 316 g/mol. The molecule has 1 fully saturated rings. The fourth-order valence-electron chi connectivity index (χ4n) is 2.27. The van der Waals surface area contributed by atoms with E-state index in [1.54, 1.807) is 17.8 Å². The van der Waals surface area contributed by atoms with E-state index in [1.807, 2.05) is 13.0 Å². The van der Waals surface area contributed by atoms with E-state index in [2.05, 4.69) is 10.4 Å². The van der Waals surface area contributed by atoms with Gasteiger partial charge in [0.1, 0.15) is 11.5 Å². The molecule has 1 aliphatic heterocycles. The number of aromatic nitrogens is 2. The van der Waals surface area contributed by atoms with Crippen molar-refractivity contribution in [3.05, 3.63) is 53.2 Å². The van der Waals surface area contributed by atoms with Crippen molar-refractivity contribution in [1.29, 1.82) is 0 Å². The Morgan fingerprint density at radius 3 is 2.59 bits per heavy atom. The van der Waals surface area contributed by atoms with Gasteiger partial charge in [-0.05, 0) is 55.5 Å². The summed E-state index contributed by atoms with van der Waals surface area (Å²) in [5.41, 5.74) is 2.53. The van der Waals surface area contributed by atoms with Crippen LogP contribution in [0.2, 0.25) is 0 Å². The minimum absolute atomic E-state index is 0.266. The lowest BCUT2D eigenvalue weighted by Crippen LogP contribution is -2.30. The first-order valence-electron chi connectivity index (χ1n) is 6.59. The summed E-state index contributed by atoms with van der Waals surface area (Å²) in [6.45, 7) is 1.88. The van der Waals surface area contributed by atoms with Crippen LogP contribution in [0.1, 0.15) is 11.4 Å². The van der Waals surface area contributed by atoms with E-state index in [4.69, 9.17) is 12.2 Å². The molecule has 0 bridgehead atoms. The molecular formula is C15H13FN4OS. The fraction of sp³-hybridized carbons (Fsp3) is 0.133. The normalized spacial score (nSPS) is 16.5. The van der Waals surface area contributed by atoms with E-state index in [0.717, 1.165) is 11.4 Å². The summed E-state index contributed by atoms with van der Waals surface area (Å²) in [6, 6.07) is 7.47. The number of hydrogen-bond donors (Lipinski definition) is 1. The van der Waals surface area contributed by atoms with Crippen LogP contribution in [0.5, 0.6) is 0 Å². The summed E-state index contributed by atoms with van der Waals surface area (Å²) in [7, 11) is 1.80. The highest BCUT2D eigenvalue weighted by Gasteiger charge is 2.32. The van der Waals surface area contributed by atoms with Crippen LogP contribution >= 0.6 is 12.2 Å². The molecule has 0 atom stereocenters. The summed E-state index contributed by atoms with van der Waals surface area (Å²) in [5.74, 6) is -0.647. The summed E-state index contributed by atoms with van der Waals surface area (Å²) in [5, 5.41) is 7.38. The van der Waals surface area contributed by atoms with Crippen molar-refractivity contribution >= 4 is 35.0 Å². The number of amides is 1. The zero-order valence-corrected chi connectivity index (χ0v) is 12.8. The molecule has 22 heavy (non-hydrogen) atoms. The average Bonchev–Trinajstić information content (AvgIpc) is 2.92. The maximum atomic E-state index is 13.0. The van der Waals surface area contributed by atoms with Gasteiger partial charge in [-0.15, -0.1) is 0 Å². The SMILES string of the molecule is Cc1cc(/C=C2/NC(=S)N(c3ccc(F)cc3)C2=O)n(C)n1. The third-order valence-corrected chi connectivity index (χ3v) is 3.58. The molecule has 1 aromatic carbocycles. The van der Waals surface area contributed by atoms with Crippen LogP contribution in [0.15, 0.2) is 36.0 Å². The highest BCUT2D eigenvalue weighted by molar-refractivity contribution is 7.80. The number of thiocarbonyl (C=S) groups is 1. The molecule has 1 aromatic heterocycles. The van der Waals surface area contributed by atoms with Crippen LogP contribution in [-0.4, -0.2) is 20.8 Å². The predicted molar refractivity (Wildman–Crippen MR) is 85.5 cm³/mol. The topological polar surface area (TPSA) is 50.2 Å². The molecule has 1 N–H and O–H groups in total. The molecule has 0 aliphatic carbocycles. The molecule has 1 saturated heterocycles. The van der Waals surface area contributed by atoms with Crippen LogP contribution in [0.3, 0.4) is 0 Å². The van der Waals surface area contributed by atoms with Crippen LogP contribution in [0.4, 0.5) is 10.1 Å². The van der Waals surface area contributed by atoms with E-state index in [1.165, 1.54) is 29.2 Å². The maximum Gasteiger partial charge on any atom is 0.281 e. The minimum atomic E-state index is -0.365. The van der Waals surface area contributed by atoms with Crippen molar-refractivity contribution in [1.82, 2.24) is 15.1 Å². The number of anilines is 1. The first kappa shape index (κ1) is 14.4. The van der Waals surface area contributed by atoms with Crippen molar-refractivity contribution in [2.24, 2.45) is 7.05 Å². The highest BCUT2D eigenvalue weighted by Crippen LogP contribution is 2.22. The molecule has 0 unspecified atom stereocenters. The molecule has 2 heterocycles. The second-order valence-corrected chi connectivity index (χ2v) is 5.33. The van der Waals surface area contributed by atoms with Gasteiger partial charge in [-0.25, -0.2) is 4.39 Å². The molecule has 112 valence electrons. The maximum absolute atomic E-state index is 13.0. The Morgan fingerprint density at radius 2 is 2.00 bits per heavy atom. The minimum Gasteiger partial charge on any atom is -0.327 e. The molecule has 2 aromatic rings. The Kier molecular flexibility index (Phi) is 3.50. The van der Waals surface area contributed by atoms with Gasteiger partial charge in [0.25, 0.3) is 5.91 Å². The smallest absolute Gasteiger partial charge is 0.281 e. The van der Waals surface area contributed by atoms with Crippen molar-refractivity contribution in [2.45, 2.75) is 6.92 Å². The van der Waals surface area contributed by atoms with Crippen molar-refractivity contribution in [2.75, 3.05) is 4.90 Å². The molecule has 1 aliphatic rings. The van der Waals surface area contributed by atoms with Gasteiger partial charge in [0, 0.05) is 7.05 Å². The van der Waals surface area contributed by atoms with Gasteiger partial charge in [-0.1, -0.05) is 0 Å². The number of rotatable bonds is 2. The molecule has 1 amide bonds. The summed E-state index contributed by atoms with van der Waals surface area (Å²) >= 11 is 5.20. The second-order valence-electron chi connectivity index (χ2n) is 4.94. The summed E-state index contributed by atoms with van der Waals surface area (Å²) in [4.78, 5) is 13.8. The lowest BCUT2D eigenvalue weighted by atomic mass is 10.2. The molecular weight excluding hydrogens is 303 g/mol. The molecule has 3 rings (SSSR count). The predicted octanol–water partition coefficient (Wildman–Crippen LogP) is 2.13. The third kappa shape index (κ3) is 2.50. The van der Waals surface area contributed by atoms with E-state index in [-0.39, 0.29) is 16.8 Å². The van der Waals surface area contributed by atoms with Crippen LogP contribution in [-0.2, 0) is 11.8 Å². The first-order valence-corrected chi connectivity index (χ1v) is 7.00. The third-order valence-electron chi connectivity index (χ3n) is 3.29. The Morgan fingerprint density at radius 1 is 1.32 bits per heavy atom. The van der Waals surface area contributed by atoms with E-state index < -0.39 is 0 Å². The zero-order chi connectivity index (χ0) is 15.9. The Bertz CT molecular complexity index is 794. The number of nitrogens with one attached hydrogen (secondary N) is 1. The zero-order valence-electron chi connectivity index (χ0n) is 12.0. The quantitative estimate of drug-likeness (QED) is 0.681. The van der Waals surface area contributed by atoms with Gasteiger partial charge in [0.05, 0.1) is 17.1 Å². The molecule has 0 radical (unpaired) electrons. The fourth-order valence-corrected chi connectivity index (χ4v) is 2.57. The number of carbonyl (C=O) groups is 1.